The second-order valence-corrected chi connectivity index (χ2v) is 5.74. The minimum atomic E-state index is -0.849. The summed E-state index contributed by atoms with van der Waals surface area (Å²) in [7, 11) is 0. The molecular formula is C15H21NO2. The van der Waals surface area contributed by atoms with Crippen LogP contribution in [0, 0.1) is 0 Å². The summed E-state index contributed by atoms with van der Waals surface area (Å²) in [5.41, 5.74) is 2.87. The first-order valence-electron chi connectivity index (χ1n) is 6.51. The zero-order chi connectivity index (χ0) is 13.5. The Morgan fingerprint density at radius 1 is 1.50 bits per heavy atom. The zero-order valence-corrected chi connectivity index (χ0v) is 11.5. The minimum Gasteiger partial charge on any atom is -0.478 e. The highest BCUT2D eigenvalue weighted by Crippen LogP contribution is 2.43. The molecule has 0 amide bonds. The number of nitrogens with zero attached hydrogens (tertiary/aromatic N) is 1. The van der Waals surface area contributed by atoms with Gasteiger partial charge >= 0.3 is 5.97 Å². The number of benzene rings is 1. The maximum absolute atomic E-state index is 11.1. The summed E-state index contributed by atoms with van der Waals surface area (Å²) in [6.45, 7) is 9.77. The Kier molecular flexibility index (Phi) is 3.09. The Morgan fingerprint density at radius 2 is 2.17 bits per heavy atom. The van der Waals surface area contributed by atoms with Gasteiger partial charge in [0.2, 0.25) is 0 Å². The van der Waals surface area contributed by atoms with Crippen LogP contribution in [0.5, 0.6) is 0 Å². The van der Waals surface area contributed by atoms with Crippen LogP contribution in [-0.4, -0.2) is 23.2 Å². The number of hydrogen-bond donors (Lipinski definition) is 1. The highest BCUT2D eigenvalue weighted by Gasteiger charge is 2.35. The van der Waals surface area contributed by atoms with Gasteiger partial charge in [-0.05, 0) is 56.9 Å². The van der Waals surface area contributed by atoms with Gasteiger partial charge < -0.3 is 10.0 Å². The van der Waals surface area contributed by atoms with Gasteiger partial charge in [-0.3, -0.25) is 0 Å². The van der Waals surface area contributed by atoms with Crippen molar-refractivity contribution in [2.24, 2.45) is 0 Å². The fraction of sp³-hybridized carbons (Fsp3) is 0.533. The first kappa shape index (κ1) is 12.9. The van der Waals surface area contributed by atoms with Gasteiger partial charge in [-0.1, -0.05) is 6.92 Å². The molecule has 0 bridgehead atoms. The van der Waals surface area contributed by atoms with Crippen LogP contribution in [0.25, 0.3) is 0 Å². The number of carboxylic acids is 1. The number of carbonyl (C=O) groups is 1. The largest absolute Gasteiger partial charge is 0.478 e. The zero-order valence-electron chi connectivity index (χ0n) is 11.5. The Balaban J connectivity index is 2.54. The van der Waals surface area contributed by atoms with Crippen LogP contribution in [0.4, 0.5) is 5.69 Å². The third kappa shape index (κ3) is 1.98. The molecule has 1 atom stereocenters. The molecule has 0 saturated carbocycles. The summed E-state index contributed by atoms with van der Waals surface area (Å²) >= 11 is 0. The minimum absolute atomic E-state index is 0.131. The Labute approximate surface area is 108 Å². The highest BCUT2D eigenvalue weighted by atomic mass is 16.4. The van der Waals surface area contributed by atoms with Gasteiger partial charge in [0.15, 0.2) is 0 Å². The molecule has 18 heavy (non-hydrogen) atoms. The number of aromatic carboxylic acids is 1. The van der Waals surface area contributed by atoms with E-state index in [1.54, 1.807) is 6.07 Å². The highest BCUT2D eigenvalue weighted by molar-refractivity contribution is 5.88. The second-order valence-electron chi connectivity index (χ2n) is 5.74. The lowest BCUT2D eigenvalue weighted by Gasteiger charge is -2.47. The summed E-state index contributed by atoms with van der Waals surface area (Å²) in [5, 5.41) is 9.08. The van der Waals surface area contributed by atoms with Crippen molar-refractivity contribution in [2.75, 3.05) is 11.4 Å². The van der Waals surface area contributed by atoms with Gasteiger partial charge in [-0.25, -0.2) is 4.79 Å². The molecule has 98 valence electrons. The van der Waals surface area contributed by atoms with Crippen LogP contribution >= 0.6 is 0 Å². The standard InChI is InChI=1S/C15H21NO2/c1-5-16-13-7-6-11(14(17)18)8-12(13)10(2)9-15(16,3)4/h6-8,10H,5,9H2,1-4H3,(H,17,18)/t10-/m1/s1. The van der Waals surface area contributed by atoms with Crippen LogP contribution in [-0.2, 0) is 0 Å². The van der Waals surface area contributed by atoms with Crippen LogP contribution in [0.15, 0.2) is 18.2 Å². The molecule has 1 aliphatic rings. The average molecular weight is 247 g/mol. The van der Waals surface area contributed by atoms with Crippen molar-refractivity contribution in [1.29, 1.82) is 0 Å². The van der Waals surface area contributed by atoms with Crippen molar-refractivity contribution in [2.45, 2.75) is 45.6 Å². The Bertz CT molecular complexity index is 479. The van der Waals surface area contributed by atoms with Crippen LogP contribution in [0.2, 0.25) is 0 Å². The predicted molar refractivity (Wildman–Crippen MR) is 73.5 cm³/mol. The molecule has 1 aliphatic heterocycles. The molecule has 0 aromatic heterocycles. The molecule has 0 saturated heterocycles. The third-order valence-electron chi connectivity index (χ3n) is 3.95. The van der Waals surface area contributed by atoms with Crippen molar-refractivity contribution in [1.82, 2.24) is 0 Å². The summed E-state index contributed by atoms with van der Waals surface area (Å²) in [6.07, 6.45) is 1.05. The van der Waals surface area contributed by atoms with E-state index in [0.717, 1.165) is 18.5 Å². The molecule has 0 aliphatic carbocycles. The summed E-state index contributed by atoms with van der Waals surface area (Å²) in [5.74, 6) is -0.449. The van der Waals surface area contributed by atoms with E-state index in [-0.39, 0.29) is 5.54 Å². The lowest BCUT2D eigenvalue weighted by molar-refractivity contribution is 0.0696. The molecule has 0 unspecified atom stereocenters. The van der Waals surface area contributed by atoms with E-state index in [1.807, 2.05) is 12.1 Å². The van der Waals surface area contributed by atoms with Gasteiger partial charge in [-0.15, -0.1) is 0 Å². The molecule has 0 radical (unpaired) electrons. The molecule has 1 heterocycles. The van der Waals surface area contributed by atoms with E-state index >= 15 is 0 Å². The van der Waals surface area contributed by atoms with Crippen molar-refractivity contribution >= 4 is 11.7 Å². The number of fused-ring (bicyclic) bond motifs is 1. The molecule has 3 nitrogen and oxygen atoms in total. The lowest BCUT2D eigenvalue weighted by Crippen LogP contribution is -2.48. The monoisotopic (exact) mass is 247 g/mol. The molecule has 2 rings (SSSR count). The number of rotatable bonds is 2. The van der Waals surface area contributed by atoms with Crippen LogP contribution in [0.3, 0.4) is 0 Å². The van der Waals surface area contributed by atoms with Gasteiger partial charge in [-0.2, -0.15) is 0 Å². The fourth-order valence-corrected chi connectivity index (χ4v) is 3.22. The molecule has 1 aromatic carbocycles. The van der Waals surface area contributed by atoms with Crippen molar-refractivity contribution in [3.63, 3.8) is 0 Å². The second kappa shape index (κ2) is 4.30. The van der Waals surface area contributed by atoms with Gasteiger partial charge in [0, 0.05) is 17.8 Å². The van der Waals surface area contributed by atoms with Crippen molar-refractivity contribution in [3.8, 4) is 0 Å². The number of carboxylic acid groups (broad SMARTS) is 1. The molecular weight excluding hydrogens is 226 g/mol. The quantitative estimate of drug-likeness (QED) is 0.869. The van der Waals surface area contributed by atoms with E-state index in [9.17, 15) is 4.79 Å². The summed E-state index contributed by atoms with van der Waals surface area (Å²) < 4.78 is 0. The molecule has 0 fully saturated rings. The maximum atomic E-state index is 11.1. The normalized spacial score (nSPS) is 21.6. The average Bonchev–Trinajstić information content (AvgIpc) is 2.27. The van der Waals surface area contributed by atoms with Crippen molar-refractivity contribution < 1.29 is 9.90 Å². The number of anilines is 1. The summed E-state index contributed by atoms with van der Waals surface area (Å²) in [4.78, 5) is 13.4. The van der Waals surface area contributed by atoms with E-state index in [2.05, 4.69) is 32.6 Å². The van der Waals surface area contributed by atoms with E-state index < -0.39 is 5.97 Å². The molecule has 3 heteroatoms. The first-order chi connectivity index (χ1) is 8.36. The topological polar surface area (TPSA) is 40.5 Å². The van der Waals surface area contributed by atoms with E-state index in [4.69, 9.17) is 5.11 Å². The van der Waals surface area contributed by atoms with Crippen LogP contribution in [0.1, 0.15) is 56.0 Å². The summed E-state index contributed by atoms with van der Waals surface area (Å²) in [6, 6.07) is 5.50. The SMILES string of the molecule is CCN1c2ccc(C(=O)O)cc2[C@H](C)CC1(C)C. The third-order valence-corrected chi connectivity index (χ3v) is 3.95. The molecule has 1 N–H and O–H groups in total. The smallest absolute Gasteiger partial charge is 0.335 e. The Morgan fingerprint density at radius 3 is 2.72 bits per heavy atom. The van der Waals surface area contributed by atoms with Crippen molar-refractivity contribution in [3.05, 3.63) is 29.3 Å². The van der Waals surface area contributed by atoms with Gasteiger partial charge in [0.25, 0.3) is 0 Å². The van der Waals surface area contributed by atoms with E-state index in [0.29, 0.717) is 11.5 Å². The maximum Gasteiger partial charge on any atom is 0.335 e. The molecule has 0 spiro atoms. The van der Waals surface area contributed by atoms with E-state index in [1.165, 1.54) is 5.69 Å². The number of hydrogen-bond acceptors (Lipinski definition) is 2. The molecule has 1 aromatic rings. The predicted octanol–water partition coefficient (Wildman–Crippen LogP) is 3.50. The van der Waals surface area contributed by atoms with Gasteiger partial charge in [0.05, 0.1) is 5.56 Å². The lowest BCUT2D eigenvalue weighted by atomic mass is 9.79. The first-order valence-corrected chi connectivity index (χ1v) is 6.51. The van der Waals surface area contributed by atoms with Gasteiger partial charge in [0.1, 0.15) is 0 Å². The van der Waals surface area contributed by atoms with Crippen LogP contribution < -0.4 is 4.90 Å². The Hall–Kier alpha value is -1.51. The fourth-order valence-electron chi connectivity index (χ4n) is 3.22.